The van der Waals surface area contributed by atoms with Crippen LogP contribution in [0.2, 0.25) is 0 Å². The van der Waals surface area contributed by atoms with Crippen LogP contribution in [-0.2, 0) is 16.9 Å². The van der Waals surface area contributed by atoms with Crippen LogP contribution in [0.4, 0.5) is 5.69 Å². The molecule has 0 saturated carbocycles. The molecule has 0 spiro atoms. The molecule has 29 heavy (non-hydrogen) atoms. The third-order valence-corrected chi connectivity index (χ3v) is 6.47. The molecule has 2 saturated heterocycles. The van der Waals surface area contributed by atoms with Gasteiger partial charge in [0.25, 0.3) is 0 Å². The molecule has 1 aromatic heterocycles. The Kier molecular flexibility index (Phi) is 5.86. The molecule has 4 rings (SSSR count). The van der Waals surface area contributed by atoms with Crippen LogP contribution in [0.3, 0.4) is 0 Å². The minimum Gasteiger partial charge on any atom is -0.371 e. The SMILES string of the molecule is CNC(=O)C1(c2cccc(C)n2)CCCN1Cc1ccccc1N1CCCCC1. The Bertz CT molecular complexity index is 861. The van der Waals surface area contributed by atoms with Crippen molar-refractivity contribution in [3.63, 3.8) is 0 Å². The van der Waals surface area contributed by atoms with Crippen LogP contribution in [0.5, 0.6) is 0 Å². The first-order valence-corrected chi connectivity index (χ1v) is 10.9. The fourth-order valence-electron chi connectivity index (χ4n) is 5.03. The first-order chi connectivity index (χ1) is 14.1. The van der Waals surface area contributed by atoms with Gasteiger partial charge in [0, 0.05) is 38.1 Å². The number of hydrogen-bond acceptors (Lipinski definition) is 4. The lowest BCUT2D eigenvalue weighted by molar-refractivity contribution is -0.132. The summed E-state index contributed by atoms with van der Waals surface area (Å²) >= 11 is 0. The molecule has 2 aliphatic heterocycles. The maximum Gasteiger partial charge on any atom is 0.246 e. The number of carbonyl (C=O) groups is 1. The van der Waals surface area contributed by atoms with Crippen molar-refractivity contribution >= 4 is 11.6 Å². The largest absolute Gasteiger partial charge is 0.371 e. The Hall–Kier alpha value is -2.40. The van der Waals surface area contributed by atoms with Gasteiger partial charge < -0.3 is 10.2 Å². The van der Waals surface area contributed by atoms with Gasteiger partial charge >= 0.3 is 0 Å². The number of aromatic nitrogens is 1. The Morgan fingerprint density at radius 3 is 2.59 bits per heavy atom. The van der Waals surface area contributed by atoms with Gasteiger partial charge in [-0.1, -0.05) is 24.3 Å². The number of aryl methyl sites for hydroxylation is 1. The van der Waals surface area contributed by atoms with E-state index in [1.165, 1.54) is 30.5 Å². The van der Waals surface area contributed by atoms with E-state index < -0.39 is 5.54 Å². The number of hydrogen-bond donors (Lipinski definition) is 1. The zero-order valence-electron chi connectivity index (χ0n) is 17.7. The predicted molar refractivity (Wildman–Crippen MR) is 117 cm³/mol. The second-order valence-electron chi connectivity index (χ2n) is 8.31. The van der Waals surface area contributed by atoms with Crippen LogP contribution in [0.15, 0.2) is 42.5 Å². The quantitative estimate of drug-likeness (QED) is 0.844. The van der Waals surface area contributed by atoms with E-state index in [1.807, 2.05) is 25.1 Å². The number of pyridine rings is 1. The minimum atomic E-state index is -0.699. The van der Waals surface area contributed by atoms with Crippen LogP contribution < -0.4 is 10.2 Å². The van der Waals surface area contributed by atoms with Crippen molar-refractivity contribution in [2.75, 3.05) is 31.6 Å². The van der Waals surface area contributed by atoms with Crippen LogP contribution in [0.1, 0.15) is 49.1 Å². The molecule has 3 heterocycles. The summed E-state index contributed by atoms with van der Waals surface area (Å²) in [5, 5.41) is 2.93. The molecular weight excluding hydrogens is 360 g/mol. The van der Waals surface area contributed by atoms with Gasteiger partial charge in [0.05, 0.1) is 5.69 Å². The van der Waals surface area contributed by atoms with Gasteiger partial charge in [-0.15, -0.1) is 0 Å². The standard InChI is InChI=1S/C24H32N4O/c1-19-10-8-13-22(26-19)24(23(29)25-2)14-9-17-28(24)18-20-11-4-5-12-21(20)27-15-6-3-7-16-27/h4-5,8,10-13H,3,6-7,9,14-18H2,1-2H3,(H,25,29). The predicted octanol–water partition coefficient (Wildman–Crippen LogP) is 3.62. The van der Waals surface area contributed by atoms with Crippen molar-refractivity contribution in [3.05, 3.63) is 59.4 Å². The van der Waals surface area contributed by atoms with E-state index in [4.69, 9.17) is 4.98 Å². The maximum absolute atomic E-state index is 13.2. The number of piperidine rings is 1. The number of nitrogens with zero attached hydrogens (tertiary/aromatic N) is 3. The number of nitrogens with one attached hydrogen (secondary N) is 1. The Balaban J connectivity index is 1.70. The lowest BCUT2D eigenvalue weighted by Gasteiger charge is -2.38. The van der Waals surface area contributed by atoms with Gasteiger partial charge in [0.15, 0.2) is 0 Å². The molecule has 0 aliphatic carbocycles. The average Bonchev–Trinajstić information content (AvgIpc) is 3.18. The second-order valence-corrected chi connectivity index (χ2v) is 8.31. The number of benzene rings is 1. The molecule has 2 fully saturated rings. The zero-order valence-corrected chi connectivity index (χ0v) is 17.7. The van der Waals surface area contributed by atoms with E-state index in [9.17, 15) is 4.79 Å². The van der Waals surface area contributed by atoms with Crippen molar-refractivity contribution in [1.29, 1.82) is 0 Å². The molecule has 1 unspecified atom stereocenters. The van der Waals surface area contributed by atoms with E-state index >= 15 is 0 Å². The van der Waals surface area contributed by atoms with Crippen molar-refractivity contribution in [3.8, 4) is 0 Å². The van der Waals surface area contributed by atoms with E-state index in [2.05, 4.69) is 39.4 Å². The molecule has 0 radical (unpaired) electrons. The molecule has 154 valence electrons. The number of amides is 1. The van der Waals surface area contributed by atoms with E-state index in [0.717, 1.165) is 50.4 Å². The normalized spacial score (nSPS) is 22.6. The second kappa shape index (κ2) is 8.54. The summed E-state index contributed by atoms with van der Waals surface area (Å²) < 4.78 is 0. The summed E-state index contributed by atoms with van der Waals surface area (Å²) in [6, 6.07) is 14.7. The van der Waals surface area contributed by atoms with Crippen LogP contribution in [0, 0.1) is 6.92 Å². The highest BCUT2D eigenvalue weighted by Crippen LogP contribution is 2.40. The summed E-state index contributed by atoms with van der Waals surface area (Å²) in [5.74, 6) is 0.0450. The average molecular weight is 393 g/mol. The third kappa shape index (κ3) is 3.76. The molecule has 2 aromatic rings. The van der Waals surface area contributed by atoms with Gasteiger partial charge in [-0.25, -0.2) is 0 Å². The highest BCUT2D eigenvalue weighted by molar-refractivity contribution is 5.87. The van der Waals surface area contributed by atoms with E-state index in [-0.39, 0.29) is 5.91 Å². The first kappa shape index (κ1) is 19.9. The number of likely N-dealkylation sites (tertiary alicyclic amines) is 1. The van der Waals surface area contributed by atoms with Gasteiger partial charge in [-0.3, -0.25) is 14.7 Å². The summed E-state index contributed by atoms with van der Waals surface area (Å²) in [7, 11) is 1.73. The van der Waals surface area contributed by atoms with Gasteiger partial charge in [0.1, 0.15) is 5.54 Å². The Morgan fingerprint density at radius 1 is 1.03 bits per heavy atom. The maximum atomic E-state index is 13.2. The number of para-hydroxylation sites is 1. The molecule has 1 amide bonds. The van der Waals surface area contributed by atoms with Crippen LogP contribution in [-0.4, -0.2) is 42.5 Å². The Morgan fingerprint density at radius 2 is 1.83 bits per heavy atom. The van der Waals surface area contributed by atoms with Crippen molar-refractivity contribution in [2.24, 2.45) is 0 Å². The van der Waals surface area contributed by atoms with Crippen LogP contribution >= 0.6 is 0 Å². The molecular formula is C24H32N4O. The number of anilines is 1. The minimum absolute atomic E-state index is 0.0450. The van der Waals surface area contributed by atoms with Gasteiger partial charge in [0.2, 0.25) is 5.91 Å². The summed E-state index contributed by atoms with van der Waals surface area (Å²) in [4.78, 5) is 22.9. The summed E-state index contributed by atoms with van der Waals surface area (Å²) in [5.41, 5.74) is 3.74. The molecule has 2 aliphatic rings. The van der Waals surface area contributed by atoms with Crippen molar-refractivity contribution < 1.29 is 4.79 Å². The fourth-order valence-corrected chi connectivity index (χ4v) is 5.03. The van der Waals surface area contributed by atoms with Gasteiger partial charge in [-0.2, -0.15) is 0 Å². The first-order valence-electron chi connectivity index (χ1n) is 10.9. The van der Waals surface area contributed by atoms with E-state index in [0.29, 0.717) is 0 Å². The molecule has 1 aromatic carbocycles. The fraction of sp³-hybridized carbons (Fsp3) is 0.500. The van der Waals surface area contributed by atoms with Gasteiger partial charge in [-0.05, 0) is 69.3 Å². The van der Waals surface area contributed by atoms with Crippen LogP contribution in [0.25, 0.3) is 0 Å². The lowest BCUT2D eigenvalue weighted by Crippen LogP contribution is -2.52. The smallest absolute Gasteiger partial charge is 0.246 e. The zero-order chi connectivity index (χ0) is 20.3. The molecule has 0 bridgehead atoms. The monoisotopic (exact) mass is 392 g/mol. The summed E-state index contributed by atoms with van der Waals surface area (Å²) in [6.45, 7) is 5.90. The molecule has 5 heteroatoms. The molecule has 1 N–H and O–H groups in total. The Labute approximate surface area is 174 Å². The highest BCUT2D eigenvalue weighted by atomic mass is 16.2. The number of rotatable bonds is 5. The third-order valence-electron chi connectivity index (χ3n) is 6.47. The lowest BCUT2D eigenvalue weighted by atomic mass is 9.89. The molecule has 5 nitrogen and oxygen atoms in total. The number of carbonyl (C=O) groups excluding carboxylic acids is 1. The van der Waals surface area contributed by atoms with Crippen molar-refractivity contribution in [2.45, 2.75) is 51.1 Å². The molecule has 1 atom stereocenters. The summed E-state index contributed by atoms with van der Waals surface area (Å²) in [6.07, 6.45) is 5.63. The van der Waals surface area contributed by atoms with E-state index in [1.54, 1.807) is 7.05 Å². The van der Waals surface area contributed by atoms with Crippen molar-refractivity contribution in [1.82, 2.24) is 15.2 Å². The topological polar surface area (TPSA) is 48.5 Å². The highest BCUT2D eigenvalue weighted by Gasteiger charge is 2.49. The number of likely N-dealkylation sites (N-methyl/N-ethyl adjacent to an activating group) is 1.